The molecule has 2 fully saturated rings. The number of azide groups is 1. The Bertz CT molecular complexity index is 1120. The van der Waals surface area contributed by atoms with Gasteiger partial charge in [-0.05, 0) is 40.7 Å². The molecule has 3 rings (SSSR count). The maximum absolute atomic E-state index is 13.1. The highest BCUT2D eigenvalue weighted by Gasteiger charge is 2.64. The minimum absolute atomic E-state index is 0.0601. The van der Waals surface area contributed by atoms with E-state index in [0.29, 0.717) is 0 Å². The third kappa shape index (κ3) is 5.22. The number of carbonyl (C=O) groups is 1. The van der Waals surface area contributed by atoms with Gasteiger partial charge in [-0.15, -0.1) is 0 Å². The van der Waals surface area contributed by atoms with E-state index >= 15 is 0 Å². The van der Waals surface area contributed by atoms with Crippen LogP contribution in [0.3, 0.4) is 0 Å². The molecule has 2 aliphatic rings. The van der Waals surface area contributed by atoms with E-state index < -0.39 is 46.8 Å². The molecular formula is C24H42N6O6Si2. The lowest BCUT2D eigenvalue weighted by Crippen LogP contribution is -2.66. The summed E-state index contributed by atoms with van der Waals surface area (Å²) >= 11 is 0. The summed E-state index contributed by atoms with van der Waals surface area (Å²) in [4.78, 5) is 31.6. The molecule has 0 aromatic carbocycles. The standard InChI is InChI=1S/C24H42N6O6Si2/c1-14(2)37(15(3)4)33-13-19-21(35-38(36-37,16(5)6)17(7)8)24(10,28-29-25)22(34-19)30-12-11-20(26-18(9)31)27-23(30)32/h11-12,14-17,19,21-22H,13H2,1-10H3,(H,26,27,31,32)/t19-,21-,22?,24-/m1/s1. The summed E-state index contributed by atoms with van der Waals surface area (Å²) < 4.78 is 28.9. The number of aromatic nitrogens is 2. The third-order valence-corrected chi connectivity index (χ3v) is 17.9. The second kappa shape index (κ2) is 11.2. The zero-order chi connectivity index (χ0) is 28.6. The van der Waals surface area contributed by atoms with Crippen LogP contribution in [0.25, 0.3) is 10.4 Å². The fraction of sp³-hybridized carbons (Fsp3) is 0.792. The summed E-state index contributed by atoms with van der Waals surface area (Å²) in [6, 6.07) is 1.50. The predicted octanol–water partition coefficient (Wildman–Crippen LogP) is 5.12. The largest absolute Gasteiger partial charge is 0.414 e. The molecule has 38 heavy (non-hydrogen) atoms. The minimum Gasteiger partial charge on any atom is -0.414 e. The first-order chi connectivity index (χ1) is 17.6. The van der Waals surface area contributed by atoms with Crippen LogP contribution >= 0.6 is 0 Å². The predicted molar refractivity (Wildman–Crippen MR) is 148 cm³/mol. The molecule has 212 valence electrons. The van der Waals surface area contributed by atoms with Crippen molar-refractivity contribution in [3.8, 4) is 0 Å². The van der Waals surface area contributed by atoms with E-state index in [9.17, 15) is 15.1 Å². The summed E-state index contributed by atoms with van der Waals surface area (Å²) in [5.41, 5.74) is 8.07. The maximum atomic E-state index is 13.1. The van der Waals surface area contributed by atoms with Gasteiger partial charge in [0.05, 0.1) is 12.7 Å². The Morgan fingerprint density at radius 3 is 2.21 bits per heavy atom. The number of nitrogens with one attached hydrogen (secondary N) is 1. The summed E-state index contributed by atoms with van der Waals surface area (Å²) in [5, 5.41) is 6.67. The van der Waals surface area contributed by atoms with Crippen LogP contribution in [0, 0.1) is 0 Å². The smallest absolute Gasteiger partial charge is 0.351 e. The van der Waals surface area contributed by atoms with Crippen molar-refractivity contribution in [3.05, 3.63) is 33.2 Å². The normalized spacial score (nSPS) is 28.6. The van der Waals surface area contributed by atoms with Crippen LogP contribution in [0.1, 0.15) is 75.5 Å². The lowest BCUT2D eigenvalue weighted by atomic mass is 9.93. The van der Waals surface area contributed by atoms with Gasteiger partial charge in [0.25, 0.3) is 0 Å². The van der Waals surface area contributed by atoms with Gasteiger partial charge in [-0.2, -0.15) is 4.98 Å². The molecule has 0 saturated carbocycles. The van der Waals surface area contributed by atoms with Crippen LogP contribution in [-0.4, -0.2) is 56.9 Å². The molecule has 1 N–H and O–H groups in total. The van der Waals surface area contributed by atoms with Crippen molar-refractivity contribution < 1.29 is 22.5 Å². The molecular weight excluding hydrogens is 524 g/mol. The molecule has 3 heterocycles. The first-order valence-electron chi connectivity index (χ1n) is 13.2. The number of rotatable bonds is 7. The summed E-state index contributed by atoms with van der Waals surface area (Å²) in [6.07, 6.45) is -0.881. The molecule has 12 nitrogen and oxygen atoms in total. The lowest BCUT2D eigenvalue weighted by molar-refractivity contribution is -0.114. The average molecular weight is 567 g/mol. The maximum Gasteiger partial charge on any atom is 0.351 e. The van der Waals surface area contributed by atoms with E-state index in [1.165, 1.54) is 23.8 Å². The number of nitrogens with zero attached hydrogens (tertiary/aromatic N) is 5. The van der Waals surface area contributed by atoms with Gasteiger partial charge < -0.3 is 23.0 Å². The van der Waals surface area contributed by atoms with Crippen molar-refractivity contribution in [2.24, 2.45) is 5.11 Å². The molecule has 1 aromatic rings. The summed E-state index contributed by atoms with van der Waals surface area (Å²) in [7, 11) is -5.84. The van der Waals surface area contributed by atoms with E-state index in [2.05, 4.69) is 75.7 Å². The third-order valence-electron chi connectivity index (χ3n) is 7.69. The Labute approximate surface area is 226 Å². The van der Waals surface area contributed by atoms with Crippen molar-refractivity contribution in [1.82, 2.24) is 9.55 Å². The summed E-state index contributed by atoms with van der Waals surface area (Å²) in [6.45, 7) is 20.2. The van der Waals surface area contributed by atoms with Crippen molar-refractivity contribution in [1.29, 1.82) is 0 Å². The molecule has 1 unspecified atom stereocenters. The minimum atomic E-state index is -3.03. The second-order valence-electron chi connectivity index (χ2n) is 11.6. The van der Waals surface area contributed by atoms with Crippen molar-refractivity contribution in [2.45, 2.75) is 115 Å². The summed E-state index contributed by atoms with van der Waals surface area (Å²) in [5.74, 6) is -0.224. The van der Waals surface area contributed by atoms with Gasteiger partial charge >= 0.3 is 22.8 Å². The molecule has 0 radical (unpaired) electrons. The molecule has 1 aromatic heterocycles. The van der Waals surface area contributed by atoms with Crippen LogP contribution in [0.5, 0.6) is 0 Å². The molecule has 0 spiro atoms. The first kappa shape index (κ1) is 30.5. The van der Waals surface area contributed by atoms with Gasteiger partial charge in [-0.1, -0.05) is 60.5 Å². The van der Waals surface area contributed by atoms with E-state index in [0.717, 1.165) is 0 Å². The molecule has 0 aliphatic carbocycles. The zero-order valence-electron chi connectivity index (χ0n) is 24.1. The number of anilines is 1. The van der Waals surface area contributed by atoms with E-state index in [1.54, 1.807) is 6.92 Å². The van der Waals surface area contributed by atoms with Gasteiger partial charge in [0.15, 0.2) is 6.23 Å². The van der Waals surface area contributed by atoms with Crippen molar-refractivity contribution in [3.63, 3.8) is 0 Å². The fourth-order valence-corrected chi connectivity index (χ4v) is 17.0. The first-order valence-corrected chi connectivity index (χ1v) is 17.2. The van der Waals surface area contributed by atoms with Gasteiger partial charge in [0.1, 0.15) is 17.5 Å². The Morgan fingerprint density at radius 2 is 1.74 bits per heavy atom. The van der Waals surface area contributed by atoms with Crippen LogP contribution in [0.15, 0.2) is 22.2 Å². The Balaban J connectivity index is 2.18. The molecule has 2 saturated heterocycles. The van der Waals surface area contributed by atoms with Gasteiger partial charge in [-0.3, -0.25) is 9.36 Å². The molecule has 1 amide bonds. The topological polar surface area (TPSA) is 150 Å². The quantitative estimate of drug-likeness (QED) is 0.208. The highest BCUT2D eigenvalue weighted by molar-refractivity contribution is 6.84. The molecule has 14 heteroatoms. The van der Waals surface area contributed by atoms with Crippen LogP contribution in [-0.2, 0) is 22.5 Å². The van der Waals surface area contributed by atoms with Gasteiger partial charge in [0.2, 0.25) is 5.91 Å². The average Bonchev–Trinajstić information content (AvgIpc) is 3.03. The Kier molecular flexibility index (Phi) is 8.98. The Hall–Kier alpha value is -2.07. The molecule has 2 aliphatic heterocycles. The van der Waals surface area contributed by atoms with Crippen LogP contribution in [0.2, 0.25) is 22.2 Å². The number of carbonyl (C=O) groups excluding carboxylic acids is 1. The van der Waals surface area contributed by atoms with Crippen molar-refractivity contribution >= 4 is 28.8 Å². The van der Waals surface area contributed by atoms with Gasteiger partial charge in [-0.25, -0.2) is 4.79 Å². The van der Waals surface area contributed by atoms with E-state index in [4.69, 9.17) is 17.7 Å². The SMILES string of the molecule is CC(=O)Nc1ccn(C2O[C@@H]3CO[Si](C(C)C)(C(C)C)O[Si](C(C)C)(C(C)C)O[C@H]3[C@@]2(C)N=[N+]=[N-])c(=O)n1. The van der Waals surface area contributed by atoms with E-state index in [1.807, 2.05) is 0 Å². The molecule has 0 bridgehead atoms. The number of amides is 1. The Morgan fingerprint density at radius 1 is 1.16 bits per heavy atom. The molecule has 4 atom stereocenters. The monoisotopic (exact) mass is 566 g/mol. The van der Waals surface area contributed by atoms with Crippen LogP contribution < -0.4 is 11.0 Å². The zero-order valence-corrected chi connectivity index (χ0v) is 26.1. The van der Waals surface area contributed by atoms with Crippen LogP contribution in [0.4, 0.5) is 5.82 Å². The second-order valence-corrected chi connectivity index (χ2v) is 20.5. The number of fused-ring (bicyclic) bond motifs is 1. The number of ether oxygens (including phenoxy) is 1. The highest BCUT2D eigenvalue weighted by Crippen LogP contribution is 2.51. The number of hydrogen-bond acceptors (Lipinski definition) is 8. The lowest BCUT2D eigenvalue weighted by Gasteiger charge is -2.52. The van der Waals surface area contributed by atoms with Gasteiger partial charge in [0, 0.05) is 18.0 Å². The van der Waals surface area contributed by atoms with Crippen molar-refractivity contribution in [2.75, 3.05) is 11.9 Å². The fourth-order valence-electron chi connectivity index (χ4n) is 5.73. The highest BCUT2D eigenvalue weighted by atomic mass is 28.5. The number of hydrogen-bond donors (Lipinski definition) is 1. The van der Waals surface area contributed by atoms with E-state index in [-0.39, 0.29) is 40.5 Å².